The maximum atomic E-state index is 5.39. The highest BCUT2D eigenvalue weighted by Gasteiger charge is 2.25. The molecule has 7 heteroatoms. The van der Waals surface area contributed by atoms with E-state index in [4.69, 9.17) is 9.26 Å². The molecule has 3 rings (SSSR count). The molecule has 0 saturated carbocycles. The smallest absolute Gasteiger partial charge is 0.240 e. The third kappa shape index (κ3) is 4.39. The molecule has 1 aliphatic heterocycles. The summed E-state index contributed by atoms with van der Waals surface area (Å²) in [4.78, 5) is 6.90. The average Bonchev–Trinajstić information content (AvgIpc) is 3.16. The van der Waals surface area contributed by atoms with Crippen LogP contribution in [-0.4, -0.2) is 51.1 Å². The summed E-state index contributed by atoms with van der Waals surface area (Å²) in [6.45, 7) is 5.39. The molecular formula is C16H25N5O2. The number of aromatic nitrogens is 4. The van der Waals surface area contributed by atoms with Crippen molar-refractivity contribution in [2.45, 2.75) is 51.7 Å². The van der Waals surface area contributed by atoms with Crippen LogP contribution >= 0.6 is 0 Å². The lowest BCUT2D eigenvalue weighted by molar-refractivity contribution is 0.108. The maximum absolute atomic E-state index is 5.39. The average molecular weight is 319 g/mol. The first-order chi connectivity index (χ1) is 11.2. The van der Waals surface area contributed by atoms with Crippen molar-refractivity contribution in [3.05, 3.63) is 29.7 Å². The molecular weight excluding hydrogens is 294 g/mol. The minimum Gasteiger partial charge on any atom is -0.384 e. The summed E-state index contributed by atoms with van der Waals surface area (Å²) in [5.41, 5.74) is 1.20. The number of ether oxygens (including phenoxy) is 1. The molecule has 1 saturated heterocycles. The van der Waals surface area contributed by atoms with E-state index in [1.807, 2.05) is 10.9 Å². The first-order valence-corrected chi connectivity index (χ1v) is 8.28. The number of likely N-dealkylation sites (tertiary alicyclic amines) is 1. The summed E-state index contributed by atoms with van der Waals surface area (Å²) in [5.74, 6) is 1.41. The molecule has 2 aromatic rings. The van der Waals surface area contributed by atoms with Gasteiger partial charge in [-0.05, 0) is 31.9 Å². The van der Waals surface area contributed by atoms with Crippen LogP contribution < -0.4 is 0 Å². The van der Waals surface area contributed by atoms with Crippen molar-refractivity contribution < 1.29 is 9.26 Å². The predicted octanol–water partition coefficient (Wildman–Crippen LogP) is 1.82. The lowest BCUT2D eigenvalue weighted by Gasteiger charge is -2.34. The Hall–Kier alpha value is -1.73. The predicted molar refractivity (Wildman–Crippen MR) is 84.9 cm³/mol. The topological polar surface area (TPSA) is 69.2 Å². The third-order valence-corrected chi connectivity index (χ3v) is 4.29. The van der Waals surface area contributed by atoms with E-state index in [0.29, 0.717) is 31.5 Å². The number of piperidine rings is 1. The van der Waals surface area contributed by atoms with Crippen LogP contribution in [0.1, 0.15) is 36.5 Å². The zero-order chi connectivity index (χ0) is 16.1. The Balaban J connectivity index is 1.60. The molecule has 23 heavy (non-hydrogen) atoms. The zero-order valence-corrected chi connectivity index (χ0v) is 13.9. The van der Waals surface area contributed by atoms with Crippen LogP contribution in [0.25, 0.3) is 0 Å². The molecule has 0 amide bonds. The van der Waals surface area contributed by atoms with E-state index >= 15 is 0 Å². The van der Waals surface area contributed by atoms with Gasteiger partial charge in [0.2, 0.25) is 5.89 Å². The number of rotatable bonds is 7. The number of methoxy groups -OCH3 is 1. The van der Waals surface area contributed by atoms with E-state index in [9.17, 15) is 0 Å². The van der Waals surface area contributed by atoms with E-state index in [-0.39, 0.29) is 0 Å². The zero-order valence-electron chi connectivity index (χ0n) is 13.9. The third-order valence-electron chi connectivity index (χ3n) is 4.29. The fraction of sp³-hybridized carbons (Fsp3) is 0.688. The number of hydrogen-bond acceptors (Lipinski definition) is 6. The summed E-state index contributed by atoms with van der Waals surface area (Å²) in [5, 5.41) is 8.44. The molecule has 1 atom stereocenters. The second-order valence-corrected chi connectivity index (χ2v) is 6.21. The molecule has 1 aliphatic rings. The van der Waals surface area contributed by atoms with Gasteiger partial charge in [-0.3, -0.25) is 9.58 Å². The second kappa shape index (κ2) is 7.70. The summed E-state index contributed by atoms with van der Waals surface area (Å²) in [6.07, 6.45) is 8.37. The molecule has 0 aromatic carbocycles. The van der Waals surface area contributed by atoms with Gasteiger partial charge in [-0.2, -0.15) is 10.1 Å². The summed E-state index contributed by atoms with van der Waals surface area (Å²) in [6, 6.07) is 0.470. The summed E-state index contributed by atoms with van der Waals surface area (Å²) in [7, 11) is 1.68. The molecule has 0 unspecified atom stereocenters. The Morgan fingerprint density at radius 2 is 2.30 bits per heavy atom. The van der Waals surface area contributed by atoms with E-state index in [0.717, 1.165) is 18.9 Å². The van der Waals surface area contributed by atoms with Gasteiger partial charge in [0.05, 0.1) is 25.9 Å². The molecule has 0 spiro atoms. The monoisotopic (exact) mass is 319 g/mol. The van der Waals surface area contributed by atoms with Crippen LogP contribution in [0.4, 0.5) is 0 Å². The molecule has 126 valence electrons. The van der Waals surface area contributed by atoms with E-state index < -0.39 is 0 Å². The molecule has 2 aromatic heterocycles. The van der Waals surface area contributed by atoms with E-state index in [2.05, 4.69) is 33.3 Å². The van der Waals surface area contributed by atoms with Gasteiger partial charge < -0.3 is 9.26 Å². The van der Waals surface area contributed by atoms with Gasteiger partial charge in [-0.1, -0.05) is 11.6 Å². The van der Waals surface area contributed by atoms with Crippen LogP contribution in [0.3, 0.4) is 0 Å². The van der Waals surface area contributed by atoms with Crippen LogP contribution in [0.15, 0.2) is 16.9 Å². The minimum absolute atomic E-state index is 0.470. The molecule has 1 fully saturated rings. The van der Waals surface area contributed by atoms with Crippen molar-refractivity contribution >= 4 is 0 Å². The Morgan fingerprint density at radius 1 is 1.39 bits per heavy atom. The Kier molecular flexibility index (Phi) is 5.40. The van der Waals surface area contributed by atoms with Gasteiger partial charge in [-0.25, -0.2) is 0 Å². The number of nitrogens with zero attached hydrogens (tertiary/aromatic N) is 5. The maximum Gasteiger partial charge on any atom is 0.240 e. The molecule has 3 heterocycles. The molecule has 0 radical (unpaired) electrons. The van der Waals surface area contributed by atoms with Crippen LogP contribution in [0.5, 0.6) is 0 Å². The van der Waals surface area contributed by atoms with Crippen molar-refractivity contribution in [1.82, 2.24) is 24.8 Å². The van der Waals surface area contributed by atoms with E-state index in [1.54, 1.807) is 7.11 Å². The Bertz CT molecular complexity index is 609. The van der Waals surface area contributed by atoms with Crippen molar-refractivity contribution in [2.75, 3.05) is 20.3 Å². The van der Waals surface area contributed by atoms with Gasteiger partial charge in [0.1, 0.15) is 0 Å². The highest BCUT2D eigenvalue weighted by atomic mass is 16.5. The first-order valence-electron chi connectivity index (χ1n) is 8.28. The van der Waals surface area contributed by atoms with Crippen molar-refractivity contribution in [3.63, 3.8) is 0 Å². The fourth-order valence-corrected chi connectivity index (χ4v) is 3.08. The summed E-state index contributed by atoms with van der Waals surface area (Å²) < 4.78 is 12.5. The van der Waals surface area contributed by atoms with Gasteiger partial charge in [0.25, 0.3) is 0 Å². The molecule has 0 aliphatic carbocycles. The Morgan fingerprint density at radius 3 is 3.09 bits per heavy atom. The summed E-state index contributed by atoms with van der Waals surface area (Å²) >= 11 is 0. The highest BCUT2D eigenvalue weighted by Crippen LogP contribution is 2.20. The lowest BCUT2D eigenvalue weighted by atomic mass is 10.0. The van der Waals surface area contributed by atoms with Crippen molar-refractivity contribution in [3.8, 4) is 0 Å². The van der Waals surface area contributed by atoms with Crippen LogP contribution in [0.2, 0.25) is 0 Å². The van der Waals surface area contributed by atoms with Crippen molar-refractivity contribution in [1.29, 1.82) is 0 Å². The first kappa shape index (κ1) is 16.1. The SMILES string of the molecule is COCCc1noc(CN2CCCC[C@@H]2Cn2cc(C)cn2)n1. The Labute approximate surface area is 136 Å². The van der Waals surface area contributed by atoms with Crippen molar-refractivity contribution in [2.24, 2.45) is 0 Å². The number of aryl methyl sites for hydroxylation is 1. The van der Waals surface area contributed by atoms with Crippen LogP contribution in [-0.2, 0) is 24.2 Å². The largest absolute Gasteiger partial charge is 0.384 e. The standard InChI is InChI=1S/C16H25N5O2/c1-13-9-17-21(10-13)11-14-5-3-4-7-20(14)12-16-18-15(19-23-16)6-8-22-2/h9-10,14H,3-8,11-12H2,1-2H3/t14-/m1/s1. The lowest BCUT2D eigenvalue weighted by Crippen LogP contribution is -2.41. The van der Waals surface area contributed by atoms with Gasteiger partial charge in [0.15, 0.2) is 5.82 Å². The van der Waals surface area contributed by atoms with E-state index in [1.165, 1.54) is 24.8 Å². The van der Waals surface area contributed by atoms with Gasteiger partial charge in [-0.15, -0.1) is 0 Å². The second-order valence-electron chi connectivity index (χ2n) is 6.21. The quantitative estimate of drug-likeness (QED) is 0.775. The number of hydrogen-bond donors (Lipinski definition) is 0. The highest BCUT2D eigenvalue weighted by molar-refractivity contribution is 5.00. The van der Waals surface area contributed by atoms with Crippen LogP contribution in [0, 0.1) is 6.92 Å². The molecule has 7 nitrogen and oxygen atoms in total. The fourth-order valence-electron chi connectivity index (χ4n) is 3.08. The minimum atomic E-state index is 0.470. The van der Waals surface area contributed by atoms with Gasteiger partial charge in [0, 0.05) is 25.8 Å². The van der Waals surface area contributed by atoms with Gasteiger partial charge >= 0.3 is 0 Å². The molecule has 0 N–H and O–H groups in total. The molecule has 0 bridgehead atoms. The normalized spacial score (nSPS) is 19.3.